The summed E-state index contributed by atoms with van der Waals surface area (Å²) in [6.07, 6.45) is 0. The van der Waals surface area contributed by atoms with Crippen LogP contribution in [0.4, 0.5) is 0 Å². The molecule has 0 aromatic rings. The van der Waals surface area contributed by atoms with E-state index in [1.54, 1.807) is 0 Å². The SMILES string of the molecule is OCS(CO)(CO)(CO)(CO)CO. The van der Waals surface area contributed by atoms with Gasteiger partial charge in [-0.05, 0) is 0 Å². The zero-order valence-electron chi connectivity index (χ0n) is 7.33. The van der Waals surface area contributed by atoms with E-state index in [1.807, 2.05) is 0 Å². The fourth-order valence-electron chi connectivity index (χ4n) is 0.612. The first-order chi connectivity index (χ1) is 5.97. The van der Waals surface area contributed by atoms with Crippen LogP contribution in [0.3, 0.4) is 0 Å². The smallest absolute Gasteiger partial charge is 0.0715 e. The van der Waals surface area contributed by atoms with Gasteiger partial charge in [-0.3, -0.25) is 0 Å². The molecule has 84 valence electrons. The third kappa shape index (κ3) is 1.37. The standard InChI is InChI=1S/C6H18O6S/c7-1-13(2-8,3-9,4-10,5-11)6-12/h7-12H,1-6H2. The maximum atomic E-state index is 9.13. The van der Waals surface area contributed by atoms with Crippen molar-refractivity contribution in [1.29, 1.82) is 0 Å². The lowest BCUT2D eigenvalue weighted by Gasteiger charge is -2.71. The second-order valence-electron chi connectivity index (χ2n) is 3.84. The molecule has 7 heteroatoms. The number of aliphatic hydroxyl groups is 6. The van der Waals surface area contributed by atoms with Gasteiger partial charge in [-0.25, -0.2) is 0 Å². The Hall–Kier alpha value is 0.110. The molecular formula is C6H18O6S. The molecule has 0 saturated carbocycles. The van der Waals surface area contributed by atoms with Crippen LogP contribution < -0.4 is 0 Å². The van der Waals surface area contributed by atoms with Gasteiger partial charge in [0.25, 0.3) is 0 Å². The summed E-state index contributed by atoms with van der Waals surface area (Å²) >= 11 is 0. The normalized spacial score (nSPS) is 18.0. The van der Waals surface area contributed by atoms with Crippen molar-refractivity contribution >= 4 is 8.29 Å². The molecule has 0 atom stereocenters. The van der Waals surface area contributed by atoms with Crippen LogP contribution in [0, 0.1) is 0 Å². The van der Waals surface area contributed by atoms with Gasteiger partial charge < -0.3 is 30.6 Å². The third-order valence-corrected chi connectivity index (χ3v) is 8.22. The van der Waals surface area contributed by atoms with Crippen LogP contribution in [0.15, 0.2) is 0 Å². The highest BCUT2D eigenvalue weighted by Crippen LogP contribution is 2.85. The molecule has 0 aliphatic rings. The lowest BCUT2D eigenvalue weighted by atomic mass is 11.5. The van der Waals surface area contributed by atoms with Crippen LogP contribution in [0.5, 0.6) is 0 Å². The molecule has 0 fully saturated rings. The summed E-state index contributed by atoms with van der Waals surface area (Å²) in [4.78, 5) is 0. The molecule has 0 aliphatic carbocycles. The highest BCUT2D eigenvalue weighted by Gasteiger charge is 2.60. The monoisotopic (exact) mass is 218 g/mol. The molecule has 0 aromatic heterocycles. The average Bonchev–Trinajstić information content (AvgIpc) is 2.26. The Morgan fingerprint density at radius 2 is 0.615 bits per heavy atom. The van der Waals surface area contributed by atoms with Crippen LogP contribution >= 0.6 is 8.29 Å². The first-order valence-corrected chi connectivity index (χ1v) is 7.09. The number of aliphatic hydroxyl groups excluding tert-OH is 6. The Balaban J connectivity index is 5.51. The molecule has 0 rings (SSSR count). The van der Waals surface area contributed by atoms with Gasteiger partial charge in [0.05, 0.1) is 35.6 Å². The van der Waals surface area contributed by atoms with Gasteiger partial charge in [-0.1, -0.05) is 0 Å². The number of hydrogen-bond donors (Lipinski definition) is 6. The van der Waals surface area contributed by atoms with Gasteiger partial charge in [0, 0.05) is 0 Å². The van der Waals surface area contributed by atoms with E-state index in [-0.39, 0.29) is 0 Å². The van der Waals surface area contributed by atoms with Gasteiger partial charge in [0.15, 0.2) is 0 Å². The van der Waals surface area contributed by atoms with Gasteiger partial charge in [-0.15, -0.1) is 0 Å². The lowest BCUT2D eigenvalue weighted by molar-refractivity contribution is 0.237. The van der Waals surface area contributed by atoms with Crippen molar-refractivity contribution < 1.29 is 30.6 Å². The number of hydrogen-bond acceptors (Lipinski definition) is 6. The molecule has 0 saturated heterocycles. The zero-order chi connectivity index (χ0) is 10.7. The van der Waals surface area contributed by atoms with E-state index in [4.69, 9.17) is 30.6 Å². The van der Waals surface area contributed by atoms with E-state index in [2.05, 4.69) is 0 Å². The van der Waals surface area contributed by atoms with Crippen LogP contribution in [0.1, 0.15) is 0 Å². The summed E-state index contributed by atoms with van der Waals surface area (Å²) in [7, 11) is -4.31. The van der Waals surface area contributed by atoms with Crippen molar-refractivity contribution in [2.45, 2.75) is 0 Å². The van der Waals surface area contributed by atoms with Gasteiger partial charge in [-0.2, -0.15) is 8.29 Å². The summed E-state index contributed by atoms with van der Waals surface area (Å²) in [6.45, 7) is 0. The molecule has 0 heterocycles. The van der Waals surface area contributed by atoms with Crippen LogP contribution in [0.25, 0.3) is 0 Å². The molecule has 0 bridgehead atoms. The van der Waals surface area contributed by atoms with E-state index in [0.29, 0.717) is 0 Å². The van der Waals surface area contributed by atoms with Crippen LogP contribution in [-0.4, -0.2) is 66.3 Å². The van der Waals surface area contributed by atoms with Crippen molar-refractivity contribution in [3.05, 3.63) is 0 Å². The topological polar surface area (TPSA) is 121 Å². The fourth-order valence-corrected chi connectivity index (χ4v) is 1.84. The quantitative estimate of drug-likeness (QED) is 0.294. The zero-order valence-corrected chi connectivity index (χ0v) is 8.15. The van der Waals surface area contributed by atoms with E-state index < -0.39 is 43.9 Å². The maximum absolute atomic E-state index is 9.13. The molecule has 0 aliphatic heterocycles. The van der Waals surface area contributed by atoms with Gasteiger partial charge in [0.2, 0.25) is 0 Å². The Labute approximate surface area is 75.3 Å². The molecule has 0 unspecified atom stereocenters. The Morgan fingerprint density at radius 3 is 0.615 bits per heavy atom. The first-order valence-electron chi connectivity index (χ1n) is 3.63. The van der Waals surface area contributed by atoms with E-state index in [9.17, 15) is 0 Å². The van der Waals surface area contributed by atoms with E-state index >= 15 is 0 Å². The molecule has 0 aromatic carbocycles. The number of rotatable bonds is 6. The average molecular weight is 218 g/mol. The predicted molar refractivity (Wildman–Crippen MR) is 50.1 cm³/mol. The third-order valence-electron chi connectivity index (χ3n) is 2.74. The lowest BCUT2D eigenvalue weighted by Crippen LogP contribution is -2.53. The minimum atomic E-state index is -4.31. The second kappa shape index (κ2) is 3.35. The fraction of sp³-hybridized carbons (Fsp3) is 1.00. The van der Waals surface area contributed by atoms with E-state index in [0.717, 1.165) is 0 Å². The minimum absolute atomic E-state index is 0.809. The highest BCUT2D eigenvalue weighted by atomic mass is 32.4. The molecule has 0 radical (unpaired) electrons. The molecular weight excluding hydrogens is 200 g/mol. The molecule has 6 nitrogen and oxygen atoms in total. The van der Waals surface area contributed by atoms with Crippen molar-refractivity contribution in [1.82, 2.24) is 0 Å². The summed E-state index contributed by atoms with van der Waals surface area (Å²) < 4.78 is 0. The van der Waals surface area contributed by atoms with Gasteiger partial charge >= 0.3 is 0 Å². The van der Waals surface area contributed by atoms with Gasteiger partial charge in [0.1, 0.15) is 0 Å². The molecule has 13 heavy (non-hydrogen) atoms. The van der Waals surface area contributed by atoms with Crippen molar-refractivity contribution in [2.24, 2.45) is 0 Å². The predicted octanol–water partition coefficient (Wildman–Crippen LogP) is -2.44. The van der Waals surface area contributed by atoms with E-state index in [1.165, 1.54) is 0 Å². The van der Waals surface area contributed by atoms with Crippen molar-refractivity contribution in [3.63, 3.8) is 0 Å². The van der Waals surface area contributed by atoms with Crippen LogP contribution in [0.2, 0.25) is 0 Å². The highest BCUT2D eigenvalue weighted by molar-refractivity contribution is 8.64. The van der Waals surface area contributed by atoms with Crippen molar-refractivity contribution in [3.8, 4) is 0 Å². The summed E-state index contributed by atoms with van der Waals surface area (Å²) in [5.41, 5.74) is 0. The molecule has 0 amide bonds. The largest absolute Gasteiger partial charge is 0.388 e. The summed E-state index contributed by atoms with van der Waals surface area (Å²) in [6, 6.07) is 0. The first kappa shape index (κ1) is 13.1. The van der Waals surface area contributed by atoms with Crippen LogP contribution in [-0.2, 0) is 0 Å². The van der Waals surface area contributed by atoms with Crippen molar-refractivity contribution in [2.75, 3.05) is 35.6 Å². The Morgan fingerprint density at radius 1 is 0.462 bits per heavy atom. The second-order valence-corrected chi connectivity index (χ2v) is 11.5. The summed E-state index contributed by atoms with van der Waals surface area (Å²) in [5, 5.41) is 54.8. The maximum Gasteiger partial charge on any atom is 0.0715 e. The summed E-state index contributed by atoms with van der Waals surface area (Å²) in [5.74, 6) is -4.85. The minimum Gasteiger partial charge on any atom is -0.388 e. The molecule has 0 spiro atoms. The molecule has 6 N–H and O–H groups in total. The Kier molecular flexibility index (Phi) is 3.38. The Bertz CT molecular complexity index is 127.